The number of carbonyl (C=O) groups excluding carboxylic acids is 1. The molecule has 0 saturated carbocycles. The fraction of sp³-hybridized carbons (Fsp3) is 0.300. The number of alkyl halides is 1. The third-order valence-electron chi connectivity index (χ3n) is 1.97. The Morgan fingerprint density at radius 3 is 2.82 bits per heavy atom. The van der Waals surface area contributed by atoms with E-state index in [9.17, 15) is 14.9 Å². The van der Waals surface area contributed by atoms with Crippen molar-refractivity contribution < 1.29 is 9.72 Å². The number of rotatable bonds is 5. The van der Waals surface area contributed by atoms with Gasteiger partial charge in [0.25, 0.3) is 5.69 Å². The molecule has 0 saturated heterocycles. The SMILES string of the molecule is O=C(CCCCl)Nc1ccc(Br)cc1[N+](=O)[O-]. The van der Waals surface area contributed by atoms with Gasteiger partial charge in [-0.15, -0.1) is 11.6 Å². The number of hydrogen-bond donors (Lipinski definition) is 1. The van der Waals surface area contributed by atoms with E-state index in [1.165, 1.54) is 12.1 Å². The molecule has 0 fully saturated rings. The molecule has 1 aromatic carbocycles. The third kappa shape index (κ3) is 4.32. The Morgan fingerprint density at radius 2 is 2.24 bits per heavy atom. The fourth-order valence-corrected chi connectivity index (χ4v) is 1.68. The predicted molar refractivity (Wildman–Crippen MR) is 69.4 cm³/mol. The molecule has 92 valence electrons. The summed E-state index contributed by atoms with van der Waals surface area (Å²) in [5.41, 5.74) is 0.0522. The molecule has 0 aliphatic rings. The zero-order valence-corrected chi connectivity index (χ0v) is 11.1. The quantitative estimate of drug-likeness (QED) is 0.514. The minimum Gasteiger partial charge on any atom is -0.320 e. The van der Waals surface area contributed by atoms with Crippen molar-refractivity contribution >= 4 is 44.8 Å². The number of nitro benzene ring substituents is 1. The molecular formula is C10H10BrClN2O3. The summed E-state index contributed by atoms with van der Waals surface area (Å²) < 4.78 is 0.586. The second-order valence-electron chi connectivity index (χ2n) is 3.26. The van der Waals surface area contributed by atoms with Gasteiger partial charge in [-0.3, -0.25) is 14.9 Å². The minimum atomic E-state index is -0.540. The first-order chi connectivity index (χ1) is 8.04. The van der Waals surface area contributed by atoms with Crippen molar-refractivity contribution in [3.8, 4) is 0 Å². The smallest absolute Gasteiger partial charge is 0.293 e. The average Bonchev–Trinajstić information content (AvgIpc) is 2.28. The van der Waals surface area contributed by atoms with E-state index < -0.39 is 4.92 Å². The highest BCUT2D eigenvalue weighted by molar-refractivity contribution is 9.10. The Bertz CT molecular complexity index is 440. The first kappa shape index (κ1) is 13.9. The molecule has 0 aliphatic heterocycles. The summed E-state index contributed by atoms with van der Waals surface area (Å²) >= 11 is 8.59. The van der Waals surface area contributed by atoms with Crippen LogP contribution in [0, 0.1) is 10.1 Å². The molecule has 0 heterocycles. The fourth-order valence-electron chi connectivity index (χ4n) is 1.20. The molecule has 0 radical (unpaired) electrons. The Balaban J connectivity index is 2.83. The molecule has 7 heteroatoms. The Kier molecular flexibility index (Phi) is 5.37. The second kappa shape index (κ2) is 6.56. The molecule has 17 heavy (non-hydrogen) atoms. The lowest BCUT2D eigenvalue weighted by Gasteiger charge is -2.05. The van der Waals surface area contributed by atoms with Crippen molar-refractivity contribution in [1.82, 2.24) is 0 Å². The number of amides is 1. The van der Waals surface area contributed by atoms with Gasteiger partial charge in [0.2, 0.25) is 5.91 Å². The molecule has 0 bridgehead atoms. The van der Waals surface area contributed by atoms with Crippen molar-refractivity contribution in [3.63, 3.8) is 0 Å². The maximum absolute atomic E-state index is 11.4. The number of carbonyl (C=O) groups is 1. The van der Waals surface area contributed by atoms with Crippen LogP contribution in [0.3, 0.4) is 0 Å². The monoisotopic (exact) mass is 320 g/mol. The van der Waals surface area contributed by atoms with Crippen LogP contribution in [0.5, 0.6) is 0 Å². The summed E-state index contributed by atoms with van der Waals surface area (Å²) in [5, 5.41) is 13.3. The number of nitrogens with one attached hydrogen (secondary N) is 1. The van der Waals surface area contributed by atoms with Crippen molar-refractivity contribution in [2.45, 2.75) is 12.8 Å². The molecule has 0 unspecified atom stereocenters. The summed E-state index contributed by atoms with van der Waals surface area (Å²) in [7, 11) is 0. The van der Waals surface area contributed by atoms with Gasteiger partial charge in [-0.05, 0) is 18.6 Å². The molecule has 1 aromatic rings. The van der Waals surface area contributed by atoms with Gasteiger partial charge in [-0.25, -0.2) is 0 Å². The molecule has 0 aliphatic carbocycles. The lowest BCUT2D eigenvalue weighted by molar-refractivity contribution is -0.384. The van der Waals surface area contributed by atoms with Crippen molar-refractivity contribution in [1.29, 1.82) is 0 Å². The number of anilines is 1. The summed E-state index contributed by atoms with van der Waals surface area (Å²) in [4.78, 5) is 21.7. The number of benzene rings is 1. The molecule has 0 aromatic heterocycles. The van der Waals surface area contributed by atoms with E-state index in [0.717, 1.165) is 0 Å². The van der Waals surface area contributed by atoms with Crippen LogP contribution < -0.4 is 5.32 Å². The van der Waals surface area contributed by atoms with Crippen molar-refractivity contribution in [2.75, 3.05) is 11.2 Å². The average molecular weight is 322 g/mol. The van der Waals surface area contributed by atoms with Crippen molar-refractivity contribution in [2.24, 2.45) is 0 Å². The van der Waals surface area contributed by atoms with E-state index >= 15 is 0 Å². The number of nitro groups is 1. The molecule has 1 rings (SSSR count). The highest BCUT2D eigenvalue weighted by atomic mass is 79.9. The largest absolute Gasteiger partial charge is 0.320 e. The predicted octanol–water partition coefficient (Wildman–Crippen LogP) is 3.31. The van der Waals surface area contributed by atoms with Crippen LogP contribution in [0.15, 0.2) is 22.7 Å². The molecule has 0 spiro atoms. The van der Waals surface area contributed by atoms with Gasteiger partial charge in [0, 0.05) is 22.8 Å². The first-order valence-corrected chi connectivity index (χ1v) is 6.17. The Morgan fingerprint density at radius 1 is 1.53 bits per heavy atom. The van der Waals surface area contributed by atoms with Crippen LogP contribution in [-0.4, -0.2) is 16.7 Å². The maximum atomic E-state index is 11.4. The van der Waals surface area contributed by atoms with Crippen LogP contribution in [0.1, 0.15) is 12.8 Å². The molecular weight excluding hydrogens is 311 g/mol. The van der Waals surface area contributed by atoms with Crippen LogP contribution in [-0.2, 0) is 4.79 Å². The lowest BCUT2D eigenvalue weighted by Crippen LogP contribution is -2.12. The van der Waals surface area contributed by atoms with Crippen molar-refractivity contribution in [3.05, 3.63) is 32.8 Å². The minimum absolute atomic E-state index is 0.140. The van der Waals surface area contributed by atoms with Gasteiger partial charge < -0.3 is 5.32 Å². The first-order valence-electron chi connectivity index (χ1n) is 4.84. The Labute approximate surface area is 111 Å². The van der Waals surface area contributed by atoms with E-state index in [2.05, 4.69) is 21.2 Å². The van der Waals surface area contributed by atoms with E-state index in [1.807, 2.05) is 0 Å². The van der Waals surface area contributed by atoms with E-state index in [4.69, 9.17) is 11.6 Å². The molecule has 0 atom stereocenters. The zero-order valence-electron chi connectivity index (χ0n) is 8.78. The maximum Gasteiger partial charge on any atom is 0.293 e. The van der Waals surface area contributed by atoms with Gasteiger partial charge >= 0.3 is 0 Å². The lowest BCUT2D eigenvalue weighted by atomic mass is 10.2. The topological polar surface area (TPSA) is 72.2 Å². The second-order valence-corrected chi connectivity index (χ2v) is 4.55. The normalized spacial score (nSPS) is 10.0. The summed E-state index contributed by atoms with van der Waals surface area (Å²) in [5.74, 6) is 0.103. The molecule has 1 N–H and O–H groups in total. The standard InChI is InChI=1S/C10H10BrClN2O3/c11-7-3-4-8(9(6-7)14(16)17)13-10(15)2-1-5-12/h3-4,6H,1-2,5H2,(H,13,15). The number of halogens is 2. The molecule has 5 nitrogen and oxygen atoms in total. The highest BCUT2D eigenvalue weighted by Gasteiger charge is 2.15. The van der Waals surface area contributed by atoms with Crippen LogP contribution in [0.4, 0.5) is 11.4 Å². The number of nitrogens with zero attached hydrogens (tertiary/aromatic N) is 1. The Hall–Kier alpha value is -1.14. The number of hydrogen-bond acceptors (Lipinski definition) is 3. The van der Waals surface area contributed by atoms with Gasteiger partial charge in [-0.1, -0.05) is 15.9 Å². The van der Waals surface area contributed by atoms with Crippen LogP contribution in [0.25, 0.3) is 0 Å². The van der Waals surface area contributed by atoms with Crippen LogP contribution >= 0.6 is 27.5 Å². The molecule has 1 amide bonds. The van der Waals surface area contributed by atoms with Gasteiger partial charge in [0.1, 0.15) is 5.69 Å². The van der Waals surface area contributed by atoms with E-state index in [-0.39, 0.29) is 23.7 Å². The highest BCUT2D eigenvalue weighted by Crippen LogP contribution is 2.28. The summed E-state index contributed by atoms with van der Waals surface area (Å²) in [6.07, 6.45) is 0.786. The summed E-state index contributed by atoms with van der Waals surface area (Å²) in [6.45, 7) is 0. The summed E-state index contributed by atoms with van der Waals surface area (Å²) in [6, 6.07) is 4.46. The van der Waals surface area contributed by atoms with Gasteiger partial charge in [0.15, 0.2) is 0 Å². The third-order valence-corrected chi connectivity index (χ3v) is 2.73. The zero-order chi connectivity index (χ0) is 12.8. The van der Waals surface area contributed by atoms with Gasteiger partial charge in [-0.2, -0.15) is 0 Å². The van der Waals surface area contributed by atoms with E-state index in [1.54, 1.807) is 6.07 Å². The van der Waals surface area contributed by atoms with Gasteiger partial charge in [0.05, 0.1) is 4.92 Å². The van der Waals surface area contributed by atoms with E-state index in [0.29, 0.717) is 16.8 Å². The van der Waals surface area contributed by atoms with Crippen LogP contribution in [0.2, 0.25) is 0 Å².